The Hall–Kier alpha value is -3.18. The quantitative estimate of drug-likeness (QED) is 0.325. The van der Waals surface area contributed by atoms with Crippen molar-refractivity contribution in [3.63, 3.8) is 0 Å². The van der Waals surface area contributed by atoms with Gasteiger partial charge in [0, 0.05) is 26.2 Å². The predicted molar refractivity (Wildman–Crippen MR) is 141 cm³/mol. The van der Waals surface area contributed by atoms with Crippen molar-refractivity contribution in [3.05, 3.63) is 76.5 Å². The minimum atomic E-state index is -4.03. The number of piperazine rings is 1. The lowest BCUT2D eigenvalue weighted by Crippen LogP contribution is -2.49. The summed E-state index contributed by atoms with van der Waals surface area (Å²) < 4.78 is 39.9. The molecule has 4 rings (SSSR count). The number of carbonyl (C=O) groups is 1. The molecule has 11 heteroatoms. The van der Waals surface area contributed by atoms with Gasteiger partial charge in [0.15, 0.2) is 10.1 Å². The van der Waals surface area contributed by atoms with Crippen LogP contribution in [0.5, 0.6) is 0 Å². The Bertz CT molecular complexity index is 1400. The molecule has 0 bridgehead atoms. The van der Waals surface area contributed by atoms with Crippen molar-refractivity contribution in [2.75, 3.05) is 36.8 Å². The lowest BCUT2D eigenvalue weighted by atomic mass is 10.1. The molecule has 1 amide bonds. The zero-order valence-corrected chi connectivity index (χ0v) is 22.2. The zero-order valence-electron chi connectivity index (χ0n) is 20.5. The van der Waals surface area contributed by atoms with Gasteiger partial charge in [-0.25, -0.2) is 17.8 Å². The molecule has 0 aliphatic carbocycles. The Labute approximate surface area is 219 Å². The van der Waals surface area contributed by atoms with Gasteiger partial charge in [-0.15, -0.1) is 0 Å². The minimum absolute atomic E-state index is 0.0326. The molecule has 1 aromatic heterocycles. The monoisotopic (exact) mass is 544 g/mol. The Morgan fingerprint density at radius 2 is 1.78 bits per heavy atom. The van der Waals surface area contributed by atoms with Crippen molar-refractivity contribution >= 4 is 33.2 Å². The van der Waals surface area contributed by atoms with E-state index in [-0.39, 0.29) is 27.5 Å². The number of hydrogen-bond acceptors (Lipinski definition) is 7. The van der Waals surface area contributed by atoms with E-state index in [1.807, 2.05) is 4.90 Å². The maximum absolute atomic E-state index is 14.0. The molecule has 8 nitrogen and oxygen atoms in total. The fourth-order valence-electron chi connectivity index (χ4n) is 4.10. The normalized spacial score (nSPS) is 14.1. The summed E-state index contributed by atoms with van der Waals surface area (Å²) in [7, 11) is -4.03. The van der Waals surface area contributed by atoms with Gasteiger partial charge in [-0.2, -0.15) is 0 Å². The van der Waals surface area contributed by atoms with Crippen LogP contribution >= 0.6 is 11.8 Å². The number of benzene rings is 2. The number of rotatable bonds is 9. The fourth-order valence-corrected chi connectivity index (χ4v) is 6.07. The average molecular weight is 545 g/mol. The van der Waals surface area contributed by atoms with Crippen molar-refractivity contribution < 1.29 is 17.6 Å². The van der Waals surface area contributed by atoms with Crippen LogP contribution in [0, 0.1) is 5.82 Å². The maximum atomic E-state index is 14.0. The van der Waals surface area contributed by atoms with Crippen LogP contribution in [0.25, 0.3) is 0 Å². The first-order valence-electron chi connectivity index (χ1n) is 12.1. The standard InChI is InChI=1S/C26H29FN4O4S2/c1-2-3-6-19-9-11-20(12-10-19)37(34,35)23-17-28-26(29-25(23)33)36-18-24(32)31-15-13-30(14-16-31)22-8-5-4-7-21(22)27/h4-5,7-12,17H,2-3,6,13-16,18H2,1H3,(H,28,29,33). The number of para-hydroxylation sites is 1. The number of carbonyl (C=O) groups excluding carboxylic acids is 1. The molecular formula is C26H29FN4O4S2. The molecule has 3 aromatic rings. The highest BCUT2D eigenvalue weighted by atomic mass is 32.2. The SMILES string of the molecule is CCCCc1ccc(S(=O)(=O)c2cnc(SCC(=O)N3CCN(c4ccccc4F)CC3)[nH]c2=O)cc1. The summed E-state index contributed by atoms with van der Waals surface area (Å²) in [4.78, 5) is 35.0. The molecule has 2 heterocycles. The molecule has 0 radical (unpaired) electrons. The van der Waals surface area contributed by atoms with Gasteiger partial charge < -0.3 is 14.8 Å². The summed E-state index contributed by atoms with van der Waals surface area (Å²) in [5.41, 5.74) is 0.782. The van der Waals surface area contributed by atoms with Crippen molar-refractivity contribution in [3.8, 4) is 0 Å². The van der Waals surface area contributed by atoms with Gasteiger partial charge in [-0.1, -0.05) is 49.4 Å². The molecule has 1 fully saturated rings. The van der Waals surface area contributed by atoms with Gasteiger partial charge in [0.2, 0.25) is 15.7 Å². The minimum Gasteiger partial charge on any atom is -0.366 e. The van der Waals surface area contributed by atoms with Gasteiger partial charge in [-0.3, -0.25) is 9.59 Å². The molecule has 0 atom stereocenters. The van der Waals surface area contributed by atoms with Crippen LogP contribution in [0.2, 0.25) is 0 Å². The summed E-state index contributed by atoms with van der Waals surface area (Å²) >= 11 is 1.03. The van der Waals surface area contributed by atoms with E-state index in [2.05, 4.69) is 16.9 Å². The van der Waals surface area contributed by atoms with Gasteiger partial charge in [0.1, 0.15) is 5.82 Å². The molecule has 1 aliphatic heterocycles. The van der Waals surface area contributed by atoms with E-state index in [4.69, 9.17) is 0 Å². The fraction of sp³-hybridized carbons (Fsp3) is 0.346. The first-order chi connectivity index (χ1) is 17.8. The number of sulfone groups is 1. The van der Waals surface area contributed by atoms with E-state index >= 15 is 0 Å². The van der Waals surface area contributed by atoms with Crippen LogP contribution in [-0.4, -0.2) is 61.1 Å². The third-order valence-electron chi connectivity index (χ3n) is 6.24. The molecular weight excluding hydrogens is 515 g/mol. The molecule has 1 aliphatic rings. The first-order valence-corrected chi connectivity index (χ1v) is 14.6. The number of nitrogens with one attached hydrogen (secondary N) is 1. The van der Waals surface area contributed by atoms with E-state index in [0.29, 0.717) is 31.9 Å². The summed E-state index contributed by atoms with van der Waals surface area (Å²) in [6, 6.07) is 13.1. The smallest absolute Gasteiger partial charge is 0.270 e. The van der Waals surface area contributed by atoms with Gasteiger partial charge in [0.25, 0.3) is 5.56 Å². The highest BCUT2D eigenvalue weighted by Gasteiger charge is 2.24. The Morgan fingerprint density at radius 1 is 1.08 bits per heavy atom. The highest BCUT2D eigenvalue weighted by Crippen LogP contribution is 2.22. The molecule has 196 valence electrons. The second-order valence-corrected chi connectivity index (χ2v) is 11.6. The number of aromatic amines is 1. The summed E-state index contributed by atoms with van der Waals surface area (Å²) in [6.45, 7) is 4.02. The van der Waals surface area contributed by atoms with Gasteiger partial charge >= 0.3 is 0 Å². The van der Waals surface area contributed by atoms with Crippen LogP contribution in [0.1, 0.15) is 25.3 Å². The number of hydrogen-bond donors (Lipinski definition) is 1. The number of anilines is 1. The third-order valence-corrected chi connectivity index (χ3v) is 8.88. The number of halogens is 1. The number of aromatic nitrogens is 2. The molecule has 0 unspecified atom stereocenters. The largest absolute Gasteiger partial charge is 0.366 e. The topological polar surface area (TPSA) is 103 Å². The third kappa shape index (κ3) is 6.40. The molecule has 1 N–H and O–H groups in total. The number of unbranched alkanes of at least 4 members (excludes halogenated alkanes) is 1. The Kier molecular flexibility index (Phi) is 8.65. The van der Waals surface area contributed by atoms with Crippen molar-refractivity contribution in [2.45, 2.75) is 41.1 Å². The van der Waals surface area contributed by atoms with E-state index in [1.165, 1.54) is 18.2 Å². The summed E-state index contributed by atoms with van der Waals surface area (Å²) in [5, 5.41) is 0.164. The highest BCUT2D eigenvalue weighted by molar-refractivity contribution is 7.99. The van der Waals surface area contributed by atoms with Crippen LogP contribution in [0.4, 0.5) is 10.1 Å². The van der Waals surface area contributed by atoms with Crippen molar-refractivity contribution in [1.29, 1.82) is 0 Å². The van der Waals surface area contributed by atoms with Gasteiger partial charge in [0.05, 0.1) is 22.5 Å². The predicted octanol–water partition coefficient (Wildman–Crippen LogP) is 3.53. The lowest BCUT2D eigenvalue weighted by molar-refractivity contribution is -0.128. The van der Waals surface area contributed by atoms with Crippen molar-refractivity contribution in [1.82, 2.24) is 14.9 Å². The summed E-state index contributed by atoms with van der Waals surface area (Å²) in [5.74, 6) is -0.392. The van der Waals surface area contributed by atoms with Crippen LogP contribution < -0.4 is 10.5 Å². The van der Waals surface area contributed by atoms with E-state index < -0.39 is 20.3 Å². The Morgan fingerprint density at radius 3 is 2.43 bits per heavy atom. The molecule has 0 saturated carbocycles. The van der Waals surface area contributed by atoms with Crippen LogP contribution in [0.3, 0.4) is 0 Å². The second-order valence-electron chi connectivity index (χ2n) is 8.74. The number of aryl methyl sites for hydroxylation is 1. The van der Waals surface area contributed by atoms with E-state index in [0.717, 1.165) is 42.8 Å². The first kappa shape index (κ1) is 26.9. The van der Waals surface area contributed by atoms with Crippen molar-refractivity contribution in [2.24, 2.45) is 0 Å². The molecule has 2 aromatic carbocycles. The van der Waals surface area contributed by atoms with Crippen LogP contribution in [-0.2, 0) is 21.1 Å². The Balaban J connectivity index is 1.34. The van der Waals surface area contributed by atoms with Crippen LogP contribution in [0.15, 0.2) is 74.5 Å². The number of nitrogens with zero attached hydrogens (tertiary/aromatic N) is 3. The maximum Gasteiger partial charge on any atom is 0.270 e. The summed E-state index contributed by atoms with van der Waals surface area (Å²) in [6.07, 6.45) is 3.97. The lowest BCUT2D eigenvalue weighted by Gasteiger charge is -2.36. The average Bonchev–Trinajstić information content (AvgIpc) is 2.91. The van der Waals surface area contributed by atoms with E-state index in [1.54, 1.807) is 35.2 Å². The van der Waals surface area contributed by atoms with E-state index in [9.17, 15) is 22.4 Å². The second kappa shape index (κ2) is 11.9. The molecule has 0 spiro atoms. The zero-order chi connectivity index (χ0) is 26.4. The molecule has 1 saturated heterocycles. The molecule has 37 heavy (non-hydrogen) atoms. The number of H-pyrrole nitrogens is 1. The number of thioether (sulfide) groups is 1. The number of amides is 1. The van der Waals surface area contributed by atoms with Gasteiger partial charge in [-0.05, 0) is 42.7 Å².